The molecule has 0 saturated carbocycles. The lowest BCUT2D eigenvalue weighted by atomic mass is 10.0. The molecule has 1 nitrogen and oxygen atoms in total. The summed E-state index contributed by atoms with van der Waals surface area (Å²) in [5.74, 6) is -0.487. The molecule has 4 heteroatoms. The average molecular weight is 292 g/mol. The van der Waals surface area contributed by atoms with Gasteiger partial charge in [0, 0.05) is 15.6 Å². The van der Waals surface area contributed by atoms with Gasteiger partial charge in [-0.3, -0.25) is 0 Å². The molecular weight excluding hydrogens is 284 g/mol. The molecule has 0 aliphatic rings. The molecule has 0 amide bonds. The Labute approximate surface area is 120 Å². The van der Waals surface area contributed by atoms with Gasteiger partial charge < -0.3 is 0 Å². The van der Waals surface area contributed by atoms with Gasteiger partial charge in [-0.25, -0.2) is 4.39 Å². The molecule has 19 heavy (non-hydrogen) atoms. The highest BCUT2D eigenvalue weighted by Gasteiger charge is 2.08. The zero-order valence-corrected chi connectivity index (χ0v) is 11.2. The maximum atomic E-state index is 13.7. The van der Waals surface area contributed by atoms with E-state index in [0.29, 0.717) is 10.0 Å². The summed E-state index contributed by atoms with van der Waals surface area (Å²) >= 11 is 11.7. The lowest BCUT2D eigenvalue weighted by Crippen LogP contribution is -1.88. The highest BCUT2D eigenvalue weighted by atomic mass is 35.5. The molecule has 0 aromatic heterocycles. The Morgan fingerprint density at radius 3 is 2.53 bits per heavy atom. The van der Waals surface area contributed by atoms with Crippen molar-refractivity contribution in [2.24, 2.45) is 0 Å². The zero-order valence-electron chi connectivity index (χ0n) is 9.70. The quantitative estimate of drug-likeness (QED) is 0.551. The number of nitriles is 1. The first kappa shape index (κ1) is 13.6. The summed E-state index contributed by atoms with van der Waals surface area (Å²) in [5, 5.41) is 10.1. The summed E-state index contributed by atoms with van der Waals surface area (Å²) in [7, 11) is 0. The molecule has 0 spiro atoms. The third-order valence-electron chi connectivity index (χ3n) is 2.50. The first-order valence-corrected chi connectivity index (χ1v) is 6.18. The molecule has 0 unspecified atom stereocenters. The molecule has 0 heterocycles. The van der Waals surface area contributed by atoms with Crippen LogP contribution in [0.1, 0.15) is 11.1 Å². The summed E-state index contributed by atoms with van der Waals surface area (Å²) in [6, 6.07) is 13.0. The minimum Gasteiger partial charge on any atom is -0.206 e. The number of hydrogen-bond donors (Lipinski definition) is 0. The van der Waals surface area contributed by atoms with Gasteiger partial charge in [0.2, 0.25) is 0 Å². The van der Waals surface area contributed by atoms with Crippen LogP contribution >= 0.6 is 23.2 Å². The second kappa shape index (κ2) is 5.88. The molecule has 0 N–H and O–H groups in total. The van der Waals surface area contributed by atoms with E-state index in [-0.39, 0.29) is 11.1 Å². The Hall–Kier alpha value is -1.82. The van der Waals surface area contributed by atoms with Crippen molar-refractivity contribution in [2.45, 2.75) is 0 Å². The van der Waals surface area contributed by atoms with Crippen molar-refractivity contribution < 1.29 is 4.39 Å². The van der Waals surface area contributed by atoms with Gasteiger partial charge in [-0.15, -0.1) is 0 Å². The van der Waals surface area contributed by atoms with Crippen LogP contribution in [0.5, 0.6) is 0 Å². The predicted molar refractivity (Wildman–Crippen MR) is 76.3 cm³/mol. The molecule has 0 aliphatic heterocycles. The first-order chi connectivity index (χ1) is 9.10. The second-order valence-corrected chi connectivity index (χ2v) is 4.72. The van der Waals surface area contributed by atoms with E-state index in [1.807, 2.05) is 6.07 Å². The number of rotatable bonds is 2. The summed E-state index contributed by atoms with van der Waals surface area (Å²) in [4.78, 5) is 0. The summed E-state index contributed by atoms with van der Waals surface area (Å²) in [6.07, 6.45) is 1.57. The number of benzene rings is 2. The van der Waals surface area contributed by atoms with Gasteiger partial charge in [0.25, 0.3) is 0 Å². The fraction of sp³-hybridized carbons (Fsp3) is 0. The fourth-order valence-corrected chi connectivity index (χ4v) is 2.01. The predicted octanol–water partition coefficient (Wildman–Crippen LogP) is 5.20. The third-order valence-corrected chi connectivity index (χ3v) is 2.97. The molecule has 0 aliphatic carbocycles. The van der Waals surface area contributed by atoms with Gasteiger partial charge in [0.05, 0.1) is 11.6 Å². The zero-order chi connectivity index (χ0) is 13.8. The second-order valence-electron chi connectivity index (χ2n) is 3.85. The van der Waals surface area contributed by atoms with Crippen molar-refractivity contribution in [1.82, 2.24) is 0 Å². The maximum absolute atomic E-state index is 13.7. The van der Waals surface area contributed by atoms with Crippen molar-refractivity contribution >= 4 is 34.9 Å². The molecule has 94 valence electrons. The van der Waals surface area contributed by atoms with Gasteiger partial charge in [0.15, 0.2) is 0 Å². The van der Waals surface area contributed by atoms with Crippen molar-refractivity contribution in [3.05, 3.63) is 69.5 Å². The van der Waals surface area contributed by atoms with E-state index in [0.717, 1.165) is 5.56 Å². The van der Waals surface area contributed by atoms with Crippen molar-refractivity contribution in [3.63, 3.8) is 0 Å². The molecule has 0 saturated heterocycles. The Morgan fingerprint density at radius 1 is 1.11 bits per heavy atom. The van der Waals surface area contributed by atoms with Gasteiger partial charge in [-0.2, -0.15) is 5.26 Å². The number of halogens is 3. The Balaban J connectivity index is 2.51. The number of hydrogen-bond acceptors (Lipinski definition) is 1. The molecule has 0 radical (unpaired) electrons. The van der Waals surface area contributed by atoms with E-state index < -0.39 is 5.82 Å². The van der Waals surface area contributed by atoms with Crippen molar-refractivity contribution in [1.29, 1.82) is 5.26 Å². The highest BCUT2D eigenvalue weighted by molar-refractivity contribution is 6.31. The van der Waals surface area contributed by atoms with Gasteiger partial charge in [-0.1, -0.05) is 35.3 Å². The standard InChI is InChI=1S/C15H8Cl2FN/c16-12-3-1-2-10(7-12)6-11(9-19)14-8-13(17)4-5-15(14)18/h1-8H/b11-6+. The van der Waals surface area contributed by atoms with Crippen LogP contribution in [0.25, 0.3) is 11.6 Å². The van der Waals surface area contributed by atoms with Gasteiger partial charge >= 0.3 is 0 Å². The minimum atomic E-state index is -0.487. The van der Waals surface area contributed by atoms with Crippen LogP contribution in [-0.2, 0) is 0 Å². The Kier molecular flexibility index (Phi) is 4.21. The van der Waals surface area contributed by atoms with Crippen LogP contribution in [0.2, 0.25) is 10.0 Å². The minimum absolute atomic E-state index is 0.176. The summed E-state index contributed by atoms with van der Waals surface area (Å²) in [6.45, 7) is 0. The molecule has 0 fully saturated rings. The normalized spacial score (nSPS) is 11.2. The van der Waals surface area contributed by atoms with Crippen molar-refractivity contribution in [3.8, 4) is 6.07 Å². The third kappa shape index (κ3) is 3.35. The van der Waals surface area contributed by atoms with Gasteiger partial charge in [-0.05, 0) is 42.0 Å². The lowest BCUT2D eigenvalue weighted by molar-refractivity contribution is 0.624. The van der Waals surface area contributed by atoms with E-state index in [1.54, 1.807) is 30.3 Å². The smallest absolute Gasteiger partial charge is 0.131 e. The van der Waals surface area contributed by atoms with E-state index in [9.17, 15) is 4.39 Å². The topological polar surface area (TPSA) is 23.8 Å². The molecule has 0 atom stereocenters. The monoisotopic (exact) mass is 291 g/mol. The lowest BCUT2D eigenvalue weighted by Gasteiger charge is -2.03. The average Bonchev–Trinajstić information content (AvgIpc) is 2.39. The Bertz CT molecular complexity index is 687. The number of nitrogens with zero attached hydrogens (tertiary/aromatic N) is 1. The van der Waals surface area contributed by atoms with Crippen LogP contribution in [0.3, 0.4) is 0 Å². The van der Waals surface area contributed by atoms with E-state index in [1.165, 1.54) is 18.2 Å². The van der Waals surface area contributed by atoms with Crippen LogP contribution in [0.4, 0.5) is 4.39 Å². The fourth-order valence-electron chi connectivity index (χ4n) is 1.64. The molecular formula is C15H8Cl2FN. The maximum Gasteiger partial charge on any atom is 0.131 e. The van der Waals surface area contributed by atoms with E-state index in [4.69, 9.17) is 28.5 Å². The SMILES string of the molecule is N#C/C(=C\c1cccc(Cl)c1)c1cc(Cl)ccc1F. The van der Waals surface area contributed by atoms with E-state index >= 15 is 0 Å². The van der Waals surface area contributed by atoms with E-state index in [2.05, 4.69) is 0 Å². The van der Waals surface area contributed by atoms with Crippen molar-refractivity contribution in [2.75, 3.05) is 0 Å². The van der Waals surface area contributed by atoms with Crippen LogP contribution in [0, 0.1) is 17.1 Å². The molecule has 2 aromatic carbocycles. The molecule has 0 bridgehead atoms. The summed E-state index contributed by atoms with van der Waals surface area (Å²) in [5.41, 5.74) is 1.10. The highest BCUT2D eigenvalue weighted by Crippen LogP contribution is 2.24. The van der Waals surface area contributed by atoms with Gasteiger partial charge in [0.1, 0.15) is 5.82 Å². The number of allylic oxidation sites excluding steroid dienone is 1. The largest absolute Gasteiger partial charge is 0.206 e. The van der Waals surface area contributed by atoms with Crippen LogP contribution < -0.4 is 0 Å². The first-order valence-electron chi connectivity index (χ1n) is 5.43. The summed E-state index contributed by atoms with van der Waals surface area (Å²) < 4.78 is 13.7. The van der Waals surface area contributed by atoms with Crippen LogP contribution in [0.15, 0.2) is 42.5 Å². The van der Waals surface area contributed by atoms with Crippen LogP contribution in [-0.4, -0.2) is 0 Å². The molecule has 2 aromatic rings. The molecule has 2 rings (SSSR count). The Morgan fingerprint density at radius 2 is 1.84 bits per heavy atom.